The van der Waals surface area contributed by atoms with Crippen molar-refractivity contribution in [1.29, 1.82) is 0 Å². The first kappa shape index (κ1) is 14.3. The van der Waals surface area contributed by atoms with E-state index >= 15 is 0 Å². The van der Waals surface area contributed by atoms with Gasteiger partial charge in [0.1, 0.15) is 10.8 Å². The molecule has 0 bridgehead atoms. The van der Waals surface area contributed by atoms with Gasteiger partial charge < -0.3 is 4.74 Å². The van der Waals surface area contributed by atoms with E-state index in [2.05, 4.69) is 33.4 Å². The van der Waals surface area contributed by atoms with Gasteiger partial charge >= 0.3 is 0 Å². The Bertz CT molecular complexity index is 737. The SMILES string of the molecule is CCOc1ccc(-c2csc(-c3cccc(Br)c3)n2)cc1. The molecule has 106 valence electrons. The van der Waals surface area contributed by atoms with Crippen LogP contribution in [0.1, 0.15) is 6.92 Å². The standard InChI is InChI=1S/C17H14BrNOS/c1-2-20-15-8-6-12(7-9-15)16-11-21-17(19-16)13-4-3-5-14(18)10-13/h3-11H,2H2,1H3. The summed E-state index contributed by atoms with van der Waals surface area (Å²) >= 11 is 5.15. The summed E-state index contributed by atoms with van der Waals surface area (Å²) in [6, 6.07) is 16.3. The van der Waals surface area contributed by atoms with Gasteiger partial charge in [-0.15, -0.1) is 11.3 Å². The monoisotopic (exact) mass is 359 g/mol. The van der Waals surface area contributed by atoms with Crippen molar-refractivity contribution in [2.45, 2.75) is 6.92 Å². The number of rotatable bonds is 4. The molecule has 3 rings (SSSR count). The molecule has 0 saturated carbocycles. The molecule has 0 fully saturated rings. The first-order chi connectivity index (χ1) is 10.3. The average molecular weight is 360 g/mol. The molecular weight excluding hydrogens is 346 g/mol. The number of ether oxygens (including phenoxy) is 1. The van der Waals surface area contributed by atoms with Crippen molar-refractivity contribution in [2.24, 2.45) is 0 Å². The van der Waals surface area contributed by atoms with Gasteiger partial charge in [0, 0.05) is 21.0 Å². The lowest BCUT2D eigenvalue weighted by Gasteiger charge is -2.03. The fourth-order valence-corrected chi connectivity index (χ4v) is 3.27. The Labute approximate surface area is 136 Å². The number of nitrogens with zero attached hydrogens (tertiary/aromatic N) is 1. The predicted octanol–water partition coefficient (Wildman–Crippen LogP) is 5.64. The first-order valence-electron chi connectivity index (χ1n) is 6.71. The number of thiazole rings is 1. The molecule has 21 heavy (non-hydrogen) atoms. The van der Waals surface area contributed by atoms with Crippen LogP contribution in [0.4, 0.5) is 0 Å². The van der Waals surface area contributed by atoms with Crippen molar-refractivity contribution in [3.8, 4) is 27.6 Å². The van der Waals surface area contributed by atoms with Gasteiger partial charge in [-0.05, 0) is 43.3 Å². The van der Waals surface area contributed by atoms with E-state index in [1.807, 2.05) is 43.3 Å². The zero-order chi connectivity index (χ0) is 14.7. The van der Waals surface area contributed by atoms with Gasteiger partial charge in [-0.25, -0.2) is 4.98 Å². The van der Waals surface area contributed by atoms with E-state index in [9.17, 15) is 0 Å². The smallest absolute Gasteiger partial charge is 0.124 e. The summed E-state index contributed by atoms with van der Waals surface area (Å²) in [5.41, 5.74) is 3.24. The largest absolute Gasteiger partial charge is 0.494 e. The summed E-state index contributed by atoms with van der Waals surface area (Å²) in [5.74, 6) is 0.892. The van der Waals surface area contributed by atoms with Crippen LogP contribution in [0, 0.1) is 0 Å². The highest BCUT2D eigenvalue weighted by Crippen LogP contribution is 2.30. The van der Waals surface area contributed by atoms with Gasteiger partial charge in [-0.3, -0.25) is 0 Å². The zero-order valence-electron chi connectivity index (χ0n) is 11.5. The molecule has 1 heterocycles. The van der Waals surface area contributed by atoms with Gasteiger partial charge in [-0.1, -0.05) is 28.1 Å². The Morgan fingerprint density at radius 2 is 1.90 bits per heavy atom. The molecule has 0 atom stereocenters. The molecule has 4 heteroatoms. The Kier molecular flexibility index (Phi) is 4.36. The summed E-state index contributed by atoms with van der Waals surface area (Å²) in [6.07, 6.45) is 0. The quantitative estimate of drug-likeness (QED) is 0.601. The van der Waals surface area contributed by atoms with Gasteiger partial charge in [-0.2, -0.15) is 0 Å². The third-order valence-electron chi connectivity index (χ3n) is 3.04. The van der Waals surface area contributed by atoms with Gasteiger partial charge in [0.25, 0.3) is 0 Å². The van der Waals surface area contributed by atoms with Crippen LogP contribution in [0.3, 0.4) is 0 Å². The molecule has 0 aliphatic carbocycles. The molecule has 0 amide bonds. The Balaban J connectivity index is 1.87. The van der Waals surface area contributed by atoms with Crippen LogP contribution in [0.15, 0.2) is 58.4 Å². The van der Waals surface area contributed by atoms with Crippen LogP contribution in [-0.2, 0) is 0 Å². The maximum absolute atomic E-state index is 5.46. The van der Waals surface area contributed by atoms with Crippen molar-refractivity contribution in [3.63, 3.8) is 0 Å². The molecular formula is C17H14BrNOS. The van der Waals surface area contributed by atoms with E-state index in [-0.39, 0.29) is 0 Å². The summed E-state index contributed by atoms with van der Waals surface area (Å²) < 4.78 is 6.53. The van der Waals surface area contributed by atoms with Crippen LogP contribution in [-0.4, -0.2) is 11.6 Å². The summed E-state index contributed by atoms with van der Waals surface area (Å²) in [4.78, 5) is 4.72. The second-order valence-electron chi connectivity index (χ2n) is 4.51. The average Bonchev–Trinajstić information content (AvgIpc) is 2.98. The maximum Gasteiger partial charge on any atom is 0.124 e. The highest BCUT2D eigenvalue weighted by molar-refractivity contribution is 9.10. The van der Waals surface area contributed by atoms with Crippen LogP contribution >= 0.6 is 27.3 Å². The van der Waals surface area contributed by atoms with Crippen molar-refractivity contribution in [2.75, 3.05) is 6.61 Å². The number of hydrogen-bond donors (Lipinski definition) is 0. The van der Waals surface area contributed by atoms with Crippen molar-refractivity contribution in [1.82, 2.24) is 4.98 Å². The highest BCUT2D eigenvalue weighted by atomic mass is 79.9. The van der Waals surface area contributed by atoms with E-state index in [0.717, 1.165) is 32.1 Å². The van der Waals surface area contributed by atoms with Crippen molar-refractivity contribution >= 4 is 27.3 Å². The van der Waals surface area contributed by atoms with E-state index in [4.69, 9.17) is 9.72 Å². The molecule has 0 N–H and O–H groups in total. The van der Waals surface area contributed by atoms with E-state index < -0.39 is 0 Å². The number of aromatic nitrogens is 1. The fraction of sp³-hybridized carbons (Fsp3) is 0.118. The second kappa shape index (κ2) is 6.41. The molecule has 0 saturated heterocycles. The fourth-order valence-electron chi connectivity index (χ4n) is 2.05. The lowest BCUT2D eigenvalue weighted by atomic mass is 10.1. The first-order valence-corrected chi connectivity index (χ1v) is 8.38. The molecule has 1 aromatic heterocycles. The number of benzene rings is 2. The molecule has 2 aromatic carbocycles. The lowest BCUT2D eigenvalue weighted by Crippen LogP contribution is -1.90. The molecule has 0 unspecified atom stereocenters. The van der Waals surface area contributed by atoms with Crippen LogP contribution < -0.4 is 4.74 Å². The maximum atomic E-state index is 5.46. The Morgan fingerprint density at radius 1 is 1.10 bits per heavy atom. The third kappa shape index (κ3) is 3.34. The minimum absolute atomic E-state index is 0.684. The second-order valence-corrected chi connectivity index (χ2v) is 6.28. The number of halogens is 1. The molecule has 0 radical (unpaired) electrons. The lowest BCUT2D eigenvalue weighted by molar-refractivity contribution is 0.340. The molecule has 0 spiro atoms. The van der Waals surface area contributed by atoms with E-state index in [1.54, 1.807) is 11.3 Å². The Hall–Kier alpha value is -1.65. The van der Waals surface area contributed by atoms with Crippen LogP contribution in [0.5, 0.6) is 5.75 Å². The summed E-state index contributed by atoms with van der Waals surface area (Å²) in [6.45, 7) is 2.67. The minimum Gasteiger partial charge on any atom is -0.494 e. The zero-order valence-corrected chi connectivity index (χ0v) is 13.9. The normalized spacial score (nSPS) is 10.6. The molecule has 0 aliphatic heterocycles. The van der Waals surface area contributed by atoms with Crippen molar-refractivity contribution < 1.29 is 4.74 Å². The minimum atomic E-state index is 0.684. The summed E-state index contributed by atoms with van der Waals surface area (Å²) in [7, 11) is 0. The van der Waals surface area contributed by atoms with Gasteiger partial charge in [0.15, 0.2) is 0 Å². The molecule has 2 nitrogen and oxygen atoms in total. The Morgan fingerprint density at radius 3 is 2.62 bits per heavy atom. The summed E-state index contributed by atoms with van der Waals surface area (Å²) in [5, 5.41) is 3.12. The van der Waals surface area contributed by atoms with Crippen LogP contribution in [0.25, 0.3) is 21.8 Å². The predicted molar refractivity (Wildman–Crippen MR) is 91.9 cm³/mol. The third-order valence-corrected chi connectivity index (χ3v) is 4.42. The van der Waals surface area contributed by atoms with E-state index in [0.29, 0.717) is 6.61 Å². The van der Waals surface area contributed by atoms with Crippen molar-refractivity contribution in [3.05, 3.63) is 58.4 Å². The van der Waals surface area contributed by atoms with Crippen LogP contribution in [0.2, 0.25) is 0 Å². The van der Waals surface area contributed by atoms with Gasteiger partial charge in [0.05, 0.1) is 12.3 Å². The topological polar surface area (TPSA) is 22.1 Å². The molecule has 0 aliphatic rings. The number of hydrogen-bond acceptors (Lipinski definition) is 3. The van der Waals surface area contributed by atoms with E-state index in [1.165, 1.54) is 0 Å². The van der Waals surface area contributed by atoms with Gasteiger partial charge in [0.2, 0.25) is 0 Å². The molecule has 3 aromatic rings. The highest BCUT2D eigenvalue weighted by Gasteiger charge is 2.07.